The van der Waals surface area contributed by atoms with E-state index in [-0.39, 0.29) is 63.8 Å². The number of hydrogen-bond acceptors (Lipinski definition) is 10. The number of rotatable bonds is 9. The Kier molecular flexibility index (Phi) is 8.11. The molecule has 2 bridgehead atoms. The van der Waals surface area contributed by atoms with Gasteiger partial charge in [0, 0.05) is 33.9 Å². The van der Waals surface area contributed by atoms with E-state index in [1.54, 1.807) is 17.8 Å². The first-order valence-electron chi connectivity index (χ1n) is 17.4. The third-order valence-electron chi connectivity index (χ3n) is 11.1. The maximum absolute atomic E-state index is 14.1. The van der Waals surface area contributed by atoms with E-state index in [0.29, 0.717) is 35.9 Å². The second kappa shape index (κ2) is 12.9. The molecule has 268 valence electrons. The molecule has 1 aromatic heterocycles. The minimum Gasteiger partial charge on any atom is -0.490 e. The summed E-state index contributed by atoms with van der Waals surface area (Å²) in [6.45, 7) is 1.97. The lowest BCUT2D eigenvalue weighted by molar-refractivity contribution is -0.384. The molecule has 0 radical (unpaired) electrons. The number of thiazole rings is 1. The Morgan fingerprint density at radius 2 is 1.68 bits per heavy atom. The van der Waals surface area contributed by atoms with E-state index >= 15 is 0 Å². The predicted octanol–water partition coefficient (Wildman–Crippen LogP) is 6.59. The van der Waals surface area contributed by atoms with Gasteiger partial charge in [-0.15, -0.1) is 11.8 Å². The van der Waals surface area contributed by atoms with Crippen molar-refractivity contribution in [2.75, 3.05) is 23.4 Å². The fourth-order valence-electron chi connectivity index (χ4n) is 9.08. The van der Waals surface area contributed by atoms with Crippen LogP contribution < -0.4 is 24.6 Å². The van der Waals surface area contributed by atoms with Gasteiger partial charge in [0.15, 0.2) is 18.1 Å². The van der Waals surface area contributed by atoms with Gasteiger partial charge in [-0.1, -0.05) is 47.7 Å². The van der Waals surface area contributed by atoms with Crippen LogP contribution in [0, 0.1) is 39.7 Å². The van der Waals surface area contributed by atoms with Gasteiger partial charge in [0.05, 0.1) is 34.1 Å². The highest BCUT2D eigenvalue weighted by molar-refractivity contribution is 8.00. The summed E-state index contributed by atoms with van der Waals surface area (Å²) < 4.78 is 12.0. The lowest BCUT2D eigenvalue weighted by Crippen LogP contribution is -2.42. The number of anilines is 2. The lowest BCUT2D eigenvalue weighted by atomic mass is 9.68. The number of nitro groups is 1. The van der Waals surface area contributed by atoms with Crippen LogP contribution in [0.2, 0.25) is 0 Å². The van der Waals surface area contributed by atoms with Gasteiger partial charge in [0.25, 0.3) is 11.6 Å². The summed E-state index contributed by atoms with van der Waals surface area (Å²) in [6.07, 6.45) is 0.713. The first kappa shape index (κ1) is 33.4. The Hall–Kier alpha value is -5.47. The van der Waals surface area contributed by atoms with Crippen molar-refractivity contribution in [3.63, 3.8) is 0 Å². The van der Waals surface area contributed by atoms with E-state index in [9.17, 15) is 29.3 Å². The molecule has 3 amide bonds. The van der Waals surface area contributed by atoms with E-state index in [4.69, 9.17) is 9.47 Å². The zero-order valence-corrected chi connectivity index (χ0v) is 29.9. The van der Waals surface area contributed by atoms with Gasteiger partial charge >= 0.3 is 4.87 Å². The quantitative estimate of drug-likeness (QED) is 0.0963. The number of nitro benzene ring substituents is 1. The third kappa shape index (κ3) is 5.50. The number of nitrogens with one attached hydrogen (secondary N) is 2. The highest BCUT2D eigenvalue weighted by atomic mass is 32.2. The van der Waals surface area contributed by atoms with Crippen molar-refractivity contribution >= 4 is 68.7 Å². The second-order valence-electron chi connectivity index (χ2n) is 13.8. The number of non-ortho nitro benzene ring substituents is 1. The summed E-state index contributed by atoms with van der Waals surface area (Å²) in [6, 6.07) is 24.7. The highest BCUT2D eigenvalue weighted by Gasteiger charge is 2.69. The molecule has 9 rings (SSSR count). The molecule has 12 nitrogen and oxygen atoms in total. The molecule has 2 N–H and O–H groups in total. The van der Waals surface area contributed by atoms with Crippen LogP contribution in [0.5, 0.6) is 11.5 Å². The Bertz CT molecular complexity index is 2390. The zero-order valence-electron chi connectivity index (χ0n) is 28.2. The van der Waals surface area contributed by atoms with Crippen molar-refractivity contribution in [3.8, 4) is 11.5 Å². The topological polar surface area (TPSA) is 161 Å². The molecule has 7 atom stereocenters. The number of fused-ring (bicyclic) bond motifs is 10. The number of imide groups is 1. The van der Waals surface area contributed by atoms with Gasteiger partial charge in [-0.05, 0) is 83.8 Å². The van der Waals surface area contributed by atoms with Crippen LogP contribution >= 0.6 is 23.1 Å². The van der Waals surface area contributed by atoms with Crippen LogP contribution in [0.15, 0.2) is 94.7 Å². The number of aromatic nitrogens is 1. The number of nitrogens with zero attached hydrogens (tertiary/aromatic N) is 2. The van der Waals surface area contributed by atoms with Gasteiger partial charge in [0.2, 0.25) is 11.8 Å². The molecular weight excluding hydrogens is 717 g/mol. The van der Waals surface area contributed by atoms with Crippen LogP contribution in [-0.4, -0.2) is 46.1 Å². The van der Waals surface area contributed by atoms with Gasteiger partial charge in [-0.3, -0.25) is 34.2 Å². The summed E-state index contributed by atoms with van der Waals surface area (Å²) in [5.41, 5.74) is 1.76. The smallest absolute Gasteiger partial charge is 0.305 e. The first-order chi connectivity index (χ1) is 25.7. The molecule has 2 saturated carbocycles. The first-order valence-corrected chi connectivity index (χ1v) is 19.1. The number of carbonyl (C=O) groups excluding carboxylic acids is 3. The molecule has 14 heteroatoms. The minimum atomic E-state index is -0.528. The number of thioether (sulfide) groups is 1. The van der Waals surface area contributed by atoms with E-state index in [1.807, 2.05) is 61.5 Å². The van der Waals surface area contributed by atoms with Crippen molar-refractivity contribution in [1.29, 1.82) is 0 Å². The molecular formula is C39H32N4O8S2. The fourth-order valence-corrected chi connectivity index (χ4v) is 12.0. The van der Waals surface area contributed by atoms with Crippen molar-refractivity contribution < 1.29 is 28.8 Å². The van der Waals surface area contributed by atoms with E-state index in [0.717, 1.165) is 37.6 Å². The maximum atomic E-state index is 14.1. The average molecular weight is 749 g/mol. The molecule has 3 heterocycles. The van der Waals surface area contributed by atoms with Crippen LogP contribution in [0.25, 0.3) is 10.8 Å². The molecule has 4 aliphatic rings. The molecule has 2 aliphatic carbocycles. The Morgan fingerprint density at radius 1 is 0.925 bits per heavy atom. The number of aromatic amines is 1. The SMILES string of the molecule is CCOc1cc([C@H]2c3sc(=O)[nH]c3SC3C4CC(C5C(=O)N(c6ccc([N+](=O)[O-])cc6)C(=O)C45)C32)ccc1OCC(=O)Nc1ccc2ccccc2c1. The number of benzene rings is 4. The van der Waals surface area contributed by atoms with Crippen molar-refractivity contribution in [2.45, 2.75) is 29.5 Å². The van der Waals surface area contributed by atoms with Crippen molar-refractivity contribution in [1.82, 2.24) is 4.98 Å². The molecule has 1 saturated heterocycles. The van der Waals surface area contributed by atoms with Gasteiger partial charge < -0.3 is 19.8 Å². The summed E-state index contributed by atoms with van der Waals surface area (Å²) in [7, 11) is 0. The average Bonchev–Trinajstić information content (AvgIpc) is 3.90. The highest BCUT2D eigenvalue weighted by Crippen LogP contribution is 2.69. The zero-order chi connectivity index (χ0) is 36.5. The number of H-pyrrole nitrogens is 1. The van der Waals surface area contributed by atoms with E-state index in [1.165, 1.54) is 29.2 Å². The van der Waals surface area contributed by atoms with Crippen LogP contribution in [0.3, 0.4) is 0 Å². The third-order valence-corrected chi connectivity index (χ3v) is 13.6. The normalized spacial score (nSPS) is 25.2. The number of carbonyl (C=O) groups is 3. The maximum Gasteiger partial charge on any atom is 0.305 e. The minimum absolute atomic E-state index is 0.0252. The van der Waals surface area contributed by atoms with Gasteiger partial charge in [-0.2, -0.15) is 0 Å². The summed E-state index contributed by atoms with van der Waals surface area (Å²) >= 11 is 2.75. The molecule has 4 aromatic carbocycles. The van der Waals surface area contributed by atoms with Crippen LogP contribution in [0.4, 0.5) is 17.1 Å². The van der Waals surface area contributed by atoms with E-state index < -0.39 is 16.8 Å². The molecule has 6 unspecified atom stereocenters. The number of hydrogen-bond donors (Lipinski definition) is 2. The summed E-state index contributed by atoms with van der Waals surface area (Å²) in [4.78, 5) is 69.4. The number of amides is 3. The number of ether oxygens (including phenoxy) is 2. The fraction of sp³-hybridized carbons (Fsp3) is 0.282. The molecule has 5 aromatic rings. The molecule has 2 aliphatic heterocycles. The monoisotopic (exact) mass is 748 g/mol. The van der Waals surface area contributed by atoms with E-state index in [2.05, 4.69) is 10.3 Å². The second-order valence-corrected chi connectivity index (χ2v) is 16.0. The standard InChI is InChI=1S/C39H32N4O8S2/c1-2-50-28-16-21(8-14-27(28)51-18-29(44)40-22-9-7-19-5-3-4-6-20(19)15-22)30-31-25-17-26(34(31)52-36-35(30)53-39(47)41-36)33-32(25)37(45)42(38(33)46)23-10-12-24(13-11-23)43(48)49/h3-16,25-26,30-34H,2,17-18H2,1H3,(H,40,44)(H,41,47)/t25?,26?,30-,31?,32?,33?,34?/m1/s1. The summed E-state index contributed by atoms with van der Waals surface area (Å²) in [5, 5.41) is 17.0. The Labute approximate surface area is 310 Å². The van der Waals surface area contributed by atoms with Gasteiger partial charge in [-0.25, -0.2) is 0 Å². The lowest BCUT2D eigenvalue weighted by Gasteiger charge is -2.43. The predicted molar refractivity (Wildman–Crippen MR) is 200 cm³/mol. The summed E-state index contributed by atoms with van der Waals surface area (Å²) in [5.74, 6) is -1.56. The van der Waals surface area contributed by atoms with Crippen LogP contribution in [-0.2, 0) is 14.4 Å². The largest absolute Gasteiger partial charge is 0.490 e. The van der Waals surface area contributed by atoms with Crippen molar-refractivity contribution in [2.24, 2.45) is 29.6 Å². The Balaban J connectivity index is 0.995. The van der Waals surface area contributed by atoms with Gasteiger partial charge in [0.1, 0.15) is 0 Å². The molecule has 3 fully saturated rings. The van der Waals surface area contributed by atoms with Crippen LogP contribution in [0.1, 0.15) is 29.7 Å². The molecule has 0 spiro atoms. The Morgan fingerprint density at radius 3 is 2.43 bits per heavy atom. The van der Waals surface area contributed by atoms with Crippen molar-refractivity contribution in [3.05, 3.63) is 115 Å². The molecule has 53 heavy (non-hydrogen) atoms.